The summed E-state index contributed by atoms with van der Waals surface area (Å²) in [7, 11) is 0. The first-order valence-corrected chi connectivity index (χ1v) is 13.5. The SMILES string of the molecule is CC(C=CCN1CC2CCC(C1)O2)N1CCc2c(sc3ncnc(Nc4ccc(F)c(Cl)c4)c23)C1. The van der Waals surface area contributed by atoms with E-state index in [2.05, 4.69) is 44.2 Å². The van der Waals surface area contributed by atoms with E-state index in [1.807, 2.05) is 0 Å². The molecule has 2 bridgehead atoms. The number of morpholine rings is 1. The highest BCUT2D eigenvalue weighted by Gasteiger charge is 2.33. The monoisotopic (exact) mass is 513 g/mol. The Balaban J connectivity index is 1.14. The molecule has 2 saturated heterocycles. The fraction of sp³-hybridized carbons (Fsp3) is 0.462. The molecule has 3 aliphatic heterocycles. The van der Waals surface area contributed by atoms with E-state index in [1.165, 1.54) is 29.3 Å². The molecular formula is C26H29ClFN5OS. The zero-order valence-electron chi connectivity index (χ0n) is 19.7. The third-order valence-corrected chi connectivity index (χ3v) is 8.74. The van der Waals surface area contributed by atoms with Gasteiger partial charge in [-0.2, -0.15) is 0 Å². The third kappa shape index (κ3) is 4.82. The minimum atomic E-state index is -0.432. The molecule has 0 spiro atoms. The van der Waals surface area contributed by atoms with Crippen LogP contribution in [0.1, 0.15) is 30.2 Å². The summed E-state index contributed by atoms with van der Waals surface area (Å²) >= 11 is 7.71. The molecule has 1 N–H and O–H groups in total. The van der Waals surface area contributed by atoms with Gasteiger partial charge in [-0.1, -0.05) is 23.8 Å². The van der Waals surface area contributed by atoms with E-state index >= 15 is 0 Å². The second-order valence-electron chi connectivity index (χ2n) is 9.73. The van der Waals surface area contributed by atoms with Gasteiger partial charge in [-0.15, -0.1) is 11.3 Å². The van der Waals surface area contributed by atoms with Crippen LogP contribution in [0.15, 0.2) is 36.7 Å². The Bertz CT molecular complexity index is 1250. The number of nitrogens with one attached hydrogen (secondary N) is 1. The number of aromatic nitrogens is 2. The number of fused-ring (bicyclic) bond motifs is 5. The third-order valence-electron chi connectivity index (χ3n) is 7.32. The number of anilines is 2. The second-order valence-corrected chi connectivity index (χ2v) is 11.2. The van der Waals surface area contributed by atoms with Crippen LogP contribution in [0.4, 0.5) is 15.9 Å². The van der Waals surface area contributed by atoms with Crippen molar-refractivity contribution in [2.75, 3.05) is 31.5 Å². The fourth-order valence-corrected chi connectivity index (χ4v) is 6.87. The number of nitrogens with zero attached hydrogens (tertiary/aromatic N) is 4. The van der Waals surface area contributed by atoms with Crippen LogP contribution in [0.3, 0.4) is 0 Å². The van der Waals surface area contributed by atoms with Crippen LogP contribution in [0, 0.1) is 5.82 Å². The lowest BCUT2D eigenvalue weighted by molar-refractivity contribution is -0.0344. The quantitative estimate of drug-likeness (QED) is 0.446. The fourth-order valence-electron chi connectivity index (χ4n) is 5.48. The maximum atomic E-state index is 13.6. The smallest absolute Gasteiger partial charge is 0.142 e. The van der Waals surface area contributed by atoms with Crippen LogP contribution in [0.2, 0.25) is 5.02 Å². The molecule has 184 valence electrons. The highest BCUT2D eigenvalue weighted by molar-refractivity contribution is 7.19. The van der Waals surface area contributed by atoms with E-state index in [4.69, 9.17) is 16.3 Å². The number of likely N-dealkylation sites (tertiary alicyclic amines) is 1. The van der Waals surface area contributed by atoms with Crippen molar-refractivity contribution in [3.05, 3.63) is 58.0 Å². The first kappa shape index (κ1) is 23.3. The normalized spacial score (nSPS) is 23.7. The van der Waals surface area contributed by atoms with Crippen molar-refractivity contribution in [2.24, 2.45) is 0 Å². The van der Waals surface area contributed by atoms with Crippen molar-refractivity contribution >= 4 is 44.7 Å². The predicted octanol–water partition coefficient (Wildman–Crippen LogP) is 5.39. The number of hydrogen-bond acceptors (Lipinski definition) is 7. The Morgan fingerprint density at radius 3 is 2.91 bits per heavy atom. The molecule has 3 aromatic rings. The summed E-state index contributed by atoms with van der Waals surface area (Å²) in [5.74, 6) is 0.314. The molecular weight excluding hydrogens is 485 g/mol. The van der Waals surface area contributed by atoms with Gasteiger partial charge in [0.25, 0.3) is 0 Å². The molecule has 0 aliphatic carbocycles. The Morgan fingerprint density at radius 2 is 2.11 bits per heavy atom. The van der Waals surface area contributed by atoms with E-state index in [9.17, 15) is 4.39 Å². The summed E-state index contributed by atoms with van der Waals surface area (Å²) < 4.78 is 19.5. The number of rotatable bonds is 6. The predicted molar refractivity (Wildman–Crippen MR) is 139 cm³/mol. The van der Waals surface area contributed by atoms with Crippen LogP contribution < -0.4 is 5.32 Å². The summed E-state index contributed by atoms with van der Waals surface area (Å²) in [5.41, 5.74) is 2.03. The van der Waals surface area contributed by atoms with E-state index in [0.29, 0.717) is 23.9 Å². The van der Waals surface area contributed by atoms with Crippen LogP contribution in [0.5, 0.6) is 0 Å². The summed E-state index contributed by atoms with van der Waals surface area (Å²) in [4.78, 5) is 16.4. The van der Waals surface area contributed by atoms with Gasteiger partial charge in [0.05, 0.1) is 22.6 Å². The molecule has 1 aromatic carbocycles. The molecule has 5 heterocycles. The lowest BCUT2D eigenvalue weighted by atomic mass is 10.0. The van der Waals surface area contributed by atoms with Gasteiger partial charge >= 0.3 is 0 Å². The lowest BCUT2D eigenvalue weighted by Crippen LogP contribution is -2.42. The minimum absolute atomic E-state index is 0.0892. The Morgan fingerprint density at radius 1 is 1.29 bits per heavy atom. The molecule has 0 radical (unpaired) electrons. The second kappa shape index (κ2) is 9.75. The zero-order chi connectivity index (χ0) is 23.9. The molecule has 35 heavy (non-hydrogen) atoms. The maximum Gasteiger partial charge on any atom is 0.142 e. The minimum Gasteiger partial charge on any atom is -0.372 e. The van der Waals surface area contributed by atoms with Crippen LogP contribution >= 0.6 is 22.9 Å². The van der Waals surface area contributed by atoms with Gasteiger partial charge in [-0.3, -0.25) is 9.80 Å². The van der Waals surface area contributed by atoms with Crippen molar-refractivity contribution in [2.45, 2.75) is 51.0 Å². The van der Waals surface area contributed by atoms with Crippen molar-refractivity contribution < 1.29 is 9.13 Å². The number of hydrogen-bond donors (Lipinski definition) is 1. The van der Waals surface area contributed by atoms with Gasteiger partial charge < -0.3 is 10.1 Å². The van der Waals surface area contributed by atoms with Gasteiger partial charge in [0, 0.05) is 49.3 Å². The first-order valence-electron chi connectivity index (χ1n) is 12.3. The Labute approximate surface area is 213 Å². The largest absolute Gasteiger partial charge is 0.372 e. The number of thiophene rings is 1. The molecule has 6 nitrogen and oxygen atoms in total. The Kier molecular flexibility index (Phi) is 6.49. The van der Waals surface area contributed by atoms with Gasteiger partial charge in [0.2, 0.25) is 0 Å². The van der Waals surface area contributed by atoms with Crippen LogP contribution in [-0.4, -0.2) is 64.2 Å². The molecule has 9 heteroatoms. The molecule has 2 fully saturated rings. The van der Waals surface area contributed by atoms with Gasteiger partial charge in [-0.25, -0.2) is 14.4 Å². The summed E-state index contributed by atoms with van der Waals surface area (Å²) in [5, 5.41) is 4.48. The van der Waals surface area contributed by atoms with Crippen LogP contribution in [-0.2, 0) is 17.7 Å². The average molecular weight is 514 g/mol. The maximum absolute atomic E-state index is 13.6. The Hall–Kier alpha value is -2.10. The molecule has 3 atom stereocenters. The molecule has 2 aromatic heterocycles. The van der Waals surface area contributed by atoms with E-state index < -0.39 is 5.82 Å². The highest BCUT2D eigenvalue weighted by atomic mass is 35.5. The van der Waals surface area contributed by atoms with Gasteiger partial charge in [0.1, 0.15) is 22.8 Å². The number of ether oxygens (including phenoxy) is 1. The molecule has 6 rings (SSSR count). The van der Waals surface area contributed by atoms with Crippen molar-refractivity contribution in [3.63, 3.8) is 0 Å². The standard InChI is InChI=1S/C26H29ClFN5OS/c1-16(3-2-9-32-12-18-5-6-19(13-32)34-18)33-10-8-20-23(14-33)35-26-24(20)25(29-15-30-26)31-17-4-7-22(28)21(27)11-17/h2-4,7,11,15-16,18-19H,5-6,8-10,12-14H2,1H3,(H,29,30,31). The van der Waals surface area contributed by atoms with Crippen molar-refractivity contribution in [3.8, 4) is 0 Å². The van der Waals surface area contributed by atoms with Crippen molar-refractivity contribution in [1.29, 1.82) is 0 Å². The molecule has 0 saturated carbocycles. The molecule has 0 amide bonds. The molecule has 3 unspecified atom stereocenters. The summed E-state index contributed by atoms with van der Waals surface area (Å²) in [6.45, 7) is 7.30. The number of benzene rings is 1. The first-order chi connectivity index (χ1) is 17.0. The summed E-state index contributed by atoms with van der Waals surface area (Å²) in [6.07, 6.45) is 10.5. The lowest BCUT2D eigenvalue weighted by Gasteiger charge is -2.32. The summed E-state index contributed by atoms with van der Waals surface area (Å²) in [6, 6.07) is 4.99. The topological polar surface area (TPSA) is 53.5 Å². The number of halogens is 2. The van der Waals surface area contributed by atoms with E-state index in [1.54, 1.807) is 29.8 Å². The van der Waals surface area contributed by atoms with Gasteiger partial charge in [-0.05, 0) is 49.9 Å². The van der Waals surface area contributed by atoms with E-state index in [0.717, 1.165) is 55.2 Å². The highest BCUT2D eigenvalue weighted by Crippen LogP contribution is 2.38. The zero-order valence-corrected chi connectivity index (χ0v) is 21.3. The molecule has 3 aliphatic rings. The van der Waals surface area contributed by atoms with Gasteiger partial charge in [0.15, 0.2) is 0 Å². The van der Waals surface area contributed by atoms with E-state index in [-0.39, 0.29) is 5.02 Å². The van der Waals surface area contributed by atoms with Crippen LogP contribution in [0.25, 0.3) is 10.2 Å². The van der Waals surface area contributed by atoms with Crippen molar-refractivity contribution in [1.82, 2.24) is 19.8 Å². The average Bonchev–Trinajstić information content (AvgIpc) is 3.40.